The second-order valence-electron chi connectivity index (χ2n) is 11.1. The molecule has 44 heavy (non-hydrogen) atoms. The Bertz CT molecular complexity index is 1480. The first-order chi connectivity index (χ1) is 21.2. The molecule has 2 aromatic carbocycles. The monoisotopic (exact) mass is 601 g/mol. The summed E-state index contributed by atoms with van der Waals surface area (Å²) in [5.41, 5.74) is 2.48. The van der Waals surface area contributed by atoms with E-state index in [0.717, 1.165) is 47.7 Å². The molecule has 0 aliphatic heterocycles. The predicted molar refractivity (Wildman–Crippen MR) is 165 cm³/mol. The van der Waals surface area contributed by atoms with Crippen LogP contribution in [0.4, 0.5) is 0 Å². The number of ketones is 1. The minimum absolute atomic E-state index is 0.110. The van der Waals surface area contributed by atoms with Crippen LogP contribution in [0.2, 0.25) is 0 Å². The van der Waals surface area contributed by atoms with E-state index in [9.17, 15) is 24.0 Å². The molecular weight excluding hydrogens is 562 g/mol. The second kappa shape index (κ2) is 15.6. The predicted octanol–water partition coefficient (Wildman–Crippen LogP) is 2.91. The normalized spacial score (nSPS) is 15.1. The van der Waals surface area contributed by atoms with E-state index < -0.39 is 47.6 Å². The molecule has 1 aromatic heterocycles. The fraction of sp³-hybridized carbons (Fsp3) is 0.394. The summed E-state index contributed by atoms with van der Waals surface area (Å²) in [6.45, 7) is 1.30. The number of amides is 3. The van der Waals surface area contributed by atoms with E-state index in [-0.39, 0.29) is 31.8 Å². The van der Waals surface area contributed by atoms with Crippen LogP contribution in [-0.2, 0) is 41.6 Å². The van der Waals surface area contributed by atoms with Gasteiger partial charge in [-0.05, 0) is 49.3 Å². The number of benzene rings is 2. The smallest absolute Gasteiger partial charge is 0.329 e. The van der Waals surface area contributed by atoms with Gasteiger partial charge in [-0.3, -0.25) is 19.2 Å². The van der Waals surface area contributed by atoms with Crippen molar-refractivity contribution in [3.05, 3.63) is 71.9 Å². The number of esters is 1. The Morgan fingerprint density at radius 3 is 2.25 bits per heavy atom. The zero-order chi connectivity index (χ0) is 31.5. The van der Waals surface area contributed by atoms with Gasteiger partial charge in [-0.25, -0.2) is 4.79 Å². The highest BCUT2D eigenvalue weighted by molar-refractivity contribution is 6.26. The first-order valence-corrected chi connectivity index (χ1v) is 14.9. The van der Waals surface area contributed by atoms with Gasteiger partial charge in [0.2, 0.25) is 17.7 Å². The minimum atomic E-state index is -1.22. The Labute approximate surface area is 256 Å². The van der Waals surface area contributed by atoms with Gasteiger partial charge >= 0.3 is 5.97 Å². The number of Topliss-reactive ketones (excluding diaryl/α,β-unsaturated/α-hetero) is 1. The van der Waals surface area contributed by atoms with E-state index in [0.29, 0.717) is 6.21 Å². The van der Waals surface area contributed by atoms with Gasteiger partial charge in [0.25, 0.3) is 0 Å². The van der Waals surface area contributed by atoms with E-state index in [4.69, 9.17) is 10.1 Å². The Morgan fingerprint density at radius 2 is 1.55 bits per heavy atom. The number of fused-ring (bicyclic) bond motifs is 1. The molecule has 0 saturated heterocycles. The van der Waals surface area contributed by atoms with Crippen LogP contribution in [-0.4, -0.2) is 64.9 Å². The average molecular weight is 602 g/mol. The lowest BCUT2D eigenvalue weighted by Crippen LogP contribution is -2.56. The maximum atomic E-state index is 13.7. The summed E-state index contributed by atoms with van der Waals surface area (Å²) in [5, 5.41) is 16.2. The number of para-hydroxylation sites is 1. The Morgan fingerprint density at radius 1 is 0.886 bits per heavy atom. The fourth-order valence-corrected chi connectivity index (χ4v) is 5.44. The lowest BCUT2D eigenvalue weighted by molar-refractivity contribution is -0.153. The number of aromatic amines is 1. The van der Waals surface area contributed by atoms with E-state index >= 15 is 0 Å². The van der Waals surface area contributed by atoms with Crippen molar-refractivity contribution in [2.75, 3.05) is 0 Å². The number of nitrogens with one attached hydrogen (secondary N) is 5. The van der Waals surface area contributed by atoms with Crippen LogP contribution in [0.5, 0.6) is 0 Å². The Hall–Kier alpha value is -4.80. The van der Waals surface area contributed by atoms with E-state index in [1.54, 1.807) is 6.20 Å². The third kappa shape index (κ3) is 9.10. The maximum absolute atomic E-state index is 13.7. The number of hydrogen-bond donors (Lipinski definition) is 5. The summed E-state index contributed by atoms with van der Waals surface area (Å²) < 4.78 is 5.72. The number of ether oxygens (including phenoxy) is 1. The lowest BCUT2D eigenvalue weighted by Gasteiger charge is -2.25. The Kier molecular flexibility index (Phi) is 11.4. The number of carbonyl (C=O) groups is 5. The topological polar surface area (TPSA) is 170 Å². The van der Waals surface area contributed by atoms with Gasteiger partial charge in [0.1, 0.15) is 24.2 Å². The SMILES string of the molecule is CC(=O)N[C@@H](Cc1c[nH]c2ccccc12)C(=O)N[C@@H](CCC(=O)C=N)C(=O)N[C@@H](Cc1ccccc1)C(=O)OC1CCCC1. The van der Waals surface area contributed by atoms with Crippen molar-refractivity contribution in [2.45, 2.75) is 82.5 Å². The summed E-state index contributed by atoms with van der Waals surface area (Å²) in [6, 6.07) is 13.5. The molecule has 1 aliphatic carbocycles. The van der Waals surface area contributed by atoms with Crippen molar-refractivity contribution >= 4 is 46.6 Å². The van der Waals surface area contributed by atoms with Gasteiger partial charge in [-0.15, -0.1) is 0 Å². The minimum Gasteiger partial charge on any atom is -0.461 e. The van der Waals surface area contributed by atoms with Crippen molar-refractivity contribution < 1.29 is 28.7 Å². The van der Waals surface area contributed by atoms with E-state index in [1.165, 1.54) is 6.92 Å². The molecule has 1 saturated carbocycles. The zero-order valence-corrected chi connectivity index (χ0v) is 24.8. The number of carbonyl (C=O) groups excluding carboxylic acids is 5. The van der Waals surface area contributed by atoms with Gasteiger partial charge in [0.15, 0.2) is 5.78 Å². The number of aromatic nitrogens is 1. The van der Waals surface area contributed by atoms with Crippen LogP contribution >= 0.6 is 0 Å². The molecule has 11 nitrogen and oxygen atoms in total. The van der Waals surface area contributed by atoms with Gasteiger partial charge < -0.3 is 31.1 Å². The summed E-state index contributed by atoms with van der Waals surface area (Å²) in [4.78, 5) is 67.7. The van der Waals surface area contributed by atoms with Crippen molar-refractivity contribution in [2.24, 2.45) is 0 Å². The molecule has 3 aromatic rings. The largest absolute Gasteiger partial charge is 0.461 e. The molecule has 3 amide bonds. The van der Waals surface area contributed by atoms with Crippen molar-refractivity contribution in [3.8, 4) is 0 Å². The molecule has 0 radical (unpaired) electrons. The third-order valence-corrected chi connectivity index (χ3v) is 7.73. The number of H-pyrrole nitrogens is 1. The van der Waals surface area contributed by atoms with Crippen LogP contribution in [0.3, 0.4) is 0 Å². The van der Waals surface area contributed by atoms with Crippen LogP contribution in [0.1, 0.15) is 56.6 Å². The van der Waals surface area contributed by atoms with E-state index in [1.807, 2.05) is 54.6 Å². The van der Waals surface area contributed by atoms with Crippen LogP contribution in [0.25, 0.3) is 10.9 Å². The van der Waals surface area contributed by atoms with Gasteiger partial charge in [-0.2, -0.15) is 0 Å². The molecule has 232 valence electrons. The van der Waals surface area contributed by atoms with Crippen LogP contribution in [0.15, 0.2) is 60.8 Å². The lowest BCUT2D eigenvalue weighted by atomic mass is 10.0. The zero-order valence-electron chi connectivity index (χ0n) is 24.8. The van der Waals surface area contributed by atoms with Crippen molar-refractivity contribution in [1.82, 2.24) is 20.9 Å². The summed E-state index contributed by atoms with van der Waals surface area (Å²) in [5.74, 6) is -2.81. The molecule has 1 heterocycles. The van der Waals surface area contributed by atoms with Gasteiger partial charge in [-0.1, -0.05) is 48.5 Å². The number of hydrogen-bond acceptors (Lipinski definition) is 7. The molecule has 1 aliphatic rings. The molecule has 3 atom stereocenters. The van der Waals surface area contributed by atoms with Crippen molar-refractivity contribution in [3.63, 3.8) is 0 Å². The second-order valence-corrected chi connectivity index (χ2v) is 11.1. The average Bonchev–Trinajstić information content (AvgIpc) is 3.68. The number of rotatable bonds is 15. The standard InChI is InChI=1S/C33H39N5O6/c1-21(39)36-29(18-23-20-35-27-14-8-7-13-26(23)27)32(42)37-28(16-15-24(40)19-34)31(41)38-30(17-22-9-3-2-4-10-22)33(43)44-25-11-5-6-12-25/h2-4,7-10,13-14,19-20,25,28-30,34-35H,5-6,11-12,15-18H2,1H3,(H,36,39)(H,37,42)(H,38,41)/t28-,29-,30-/m0/s1. The molecule has 0 bridgehead atoms. The quantitative estimate of drug-likeness (QED) is 0.132. The summed E-state index contributed by atoms with van der Waals surface area (Å²) in [6.07, 6.45) is 5.73. The van der Waals surface area contributed by atoms with Crippen LogP contribution < -0.4 is 16.0 Å². The van der Waals surface area contributed by atoms with Gasteiger partial charge in [0.05, 0.1) is 6.21 Å². The highest BCUT2D eigenvalue weighted by Gasteiger charge is 2.32. The van der Waals surface area contributed by atoms with E-state index in [2.05, 4.69) is 20.9 Å². The Balaban J connectivity index is 1.53. The summed E-state index contributed by atoms with van der Waals surface area (Å²) >= 11 is 0. The third-order valence-electron chi connectivity index (χ3n) is 7.73. The summed E-state index contributed by atoms with van der Waals surface area (Å²) in [7, 11) is 0. The first kappa shape index (κ1) is 32.1. The van der Waals surface area contributed by atoms with Gasteiger partial charge in [0, 0.05) is 43.3 Å². The fourth-order valence-electron chi connectivity index (χ4n) is 5.44. The molecule has 0 unspecified atom stereocenters. The molecule has 0 spiro atoms. The maximum Gasteiger partial charge on any atom is 0.329 e. The molecule has 4 rings (SSSR count). The molecule has 1 fully saturated rings. The highest BCUT2D eigenvalue weighted by atomic mass is 16.5. The molecular formula is C33H39N5O6. The highest BCUT2D eigenvalue weighted by Crippen LogP contribution is 2.22. The molecule has 5 N–H and O–H groups in total. The van der Waals surface area contributed by atoms with Crippen molar-refractivity contribution in [1.29, 1.82) is 5.41 Å². The van der Waals surface area contributed by atoms with Crippen LogP contribution in [0, 0.1) is 5.41 Å². The molecule has 11 heteroatoms. The first-order valence-electron chi connectivity index (χ1n) is 14.9.